The Hall–Kier alpha value is -0.830. The first-order chi connectivity index (χ1) is 8.15. The second kappa shape index (κ2) is 4.13. The molecule has 2 unspecified atom stereocenters. The fraction of sp³-hybridized carbons (Fsp3) is 0.500. The first-order valence-electron chi connectivity index (χ1n) is 6.22. The Kier molecular flexibility index (Phi) is 2.74. The zero-order valence-corrected chi connectivity index (χ0v) is 11.5. The summed E-state index contributed by atoms with van der Waals surface area (Å²) in [4.78, 5) is 14.5. The van der Waals surface area contributed by atoms with Crippen LogP contribution in [0.5, 0.6) is 0 Å². The first kappa shape index (κ1) is 11.3. The maximum atomic E-state index is 12.4. The van der Waals surface area contributed by atoms with Crippen LogP contribution in [0.15, 0.2) is 22.7 Å². The molecular weight excluding hydrogens is 278 g/mol. The van der Waals surface area contributed by atoms with Gasteiger partial charge in [0.2, 0.25) is 0 Å². The number of carbonyl (C=O) groups excluding carboxylic acids is 1. The van der Waals surface area contributed by atoms with E-state index in [0.717, 1.165) is 28.1 Å². The summed E-state index contributed by atoms with van der Waals surface area (Å²) < 4.78 is 1.07. The number of aryl methyl sites for hydroxylation is 1. The zero-order chi connectivity index (χ0) is 12.0. The summed E-state index contributed by atoms with van der Waals surface area (Å²) in [5, 5.41) is 0. The van der Waals surface area contributed by atoms with Crippen LogP contribution in [0.2, 0.25) is 0 Å². The number of carbonyl (C=O) groups is 1. The van der Waals surface area contributed by atoms with Gasteiger partial charge in [-0.05, 0) is 55.9 Å². The second-order valence-electron chi connectivity index (χ2n) is 5.25. The molecule has 17 heavy (non-hydrogen) atoms. The fourth-order valence-electron chi connectivity index (χ4n) is 3.12. The molecule has 3 heteroatoms. The standard InChI is InChI=1S/C14H16BrNO/c1-9-6-11(3-5-13(9)15)14(17)16-8-10-2-4-12(16)7-10/h3,5-6,10,12H,2,4,7-8H2,1H3. The molecule has 0 spiro atoms. The van der Waals surface area contributed by atoms with E-state index >= 15 is 0 Å². The Morgan fingerprint density at radius 3 is 2.82 bits per heavy atom. The van der Waals surface area contributed by atoms with E-state index in [1.54, 1.807) is 0 Å². The lowest BCUT2D eigenvalue weighted by atomic mass is 10.1. The Balaban J connectivity index is 1.84. The lowest BCUT2D eigenvalue weighted by Gasteiger charge is -2.27. The van der Waals surface area contributed by atoms with Gasteiger partial charge < -0.3 is 4.90 Å². The van der Waals surface area contributed by atoms with Crippen LogP contribution in [0.1, 0.15) is 35.2 Å². The van der Waals surface area contributed by atoms with Crippen LogP contribution in [0.25, 0.3) is 0 Å². The molecule has 1 heterocycles. The van der Waals surface area contributed by atoms with Gasteiger partial charge in [0.25, 0.3) is 5.91 Å². The maximum absolute atomic E-state index is 12.4. The van der Waals surface area contributed by atoms with Crippen LogP contribution in [0.3, 0.4) is 0 Å². The molecule has 0 radical (unpaired) electrons. The predicted molar refractivity (Wildman–Crippen MR) is 71.0 cm³/mol. The number of halogens is 1. The number of piperidine rings is 1. The lowest BCUT2D eigenvalue weighted by Crippen LogP contribution is -2.37. The van der Waals surface area contributed by atoms with Crippen molar-refractivity contribution in [2.45, 2.75) is 32.2 Å². The number of likely N-dealkylation sites (tertiary alicyclic amines) is 1. The van der Waals surface area contributed by atoms with E-state index in [1.807, 2.05) is 25.1 Å². The van der Waals surface area contributed by atoms with E-state index in [-0.39, 0.29) is 5.91 Å². The van der Waals surface area contributed by atoms with Gasteiger partial charge >= 0.3 is 0 Å². The van der Waals surface area contributed by atoms with Gasteiger partial charge in [-0.25, -0.2) is 0 Å². The van der Waals surface area contributed by atoms with E-state index in [2.05, 4.69) is 20.8 Å². The van der Waals surface area contributed by atoms with Crippen molar-refractivity contribution in [3.63, 3.8) is 0 Å². The normalized spacial score (nSPS) is 26.6. The van der Waals surface area contributed by atoms with Crippen LogP contribution in [-0.2, 0) is 0 Å². The van der Waals surface area contributed by atoms with Gasteiger partial charge in [0.1, 0.15) is 0 Å². The van der Waals surface area contributed by atoms with Crippen LogP contribution < -0.4 is 0 Å². The minimum atomic E-state index is 0.216. The first-order valence-corrected chi connectivity index (χ1v) is 7.01. The summed E-state index contributed by atoms with van der Waals surface area (Å²) in [6.45, 7) is 3.00. The second-order valence-corrected chi connectivity index (χ2v) is 6.11. The van der Waals surface area contributed by atoms with Crippen molar-refractivity contribution in [2.24, 2.45) is 5.92 Å². The van der Waals surface area contributed by atoms with Crippen molar-refractivity contribution in [1.29, 1.82) is 0 Å². The highest BCUT2D eigenvalue weighted by Crippen LogP contribution is 2.38. The highest BCUT2D eigenvalue weighted by atomic mass is 79.9. The molecule has 2 aliphatic rings. The summed E-state index contributed by atoms with van der Waals surface area (Å²) in [5.74, 6) is 0.980. The van der Waals surface area contributed by atoms with Crippen LogP contribution in [0, 0.1) is 12.8 Å². The van der Waals surface area contributed by atoms with E-state index in [4.69, 9.17) is 0 Å². The van der Waals surface area contributed by atoms with Gasteiger partial charge in [0, 0.05) is 22.6 Å². The van der Waals surface area contributed by atoms with Crippen molar-refractivity contribution in [2.75, 3.05) is 6.54 Å². The number of rotatable bonds is 1. The summed E-state index contributed by atoms with van der Waals surface area (Å²) >= 11 is 3.47. The maximum Gasteiger partial charge on any atom is 0.254 e. The van der Waals surface area contributed by atoms with Gasteiger partial charge in [0.05, 0.1) is 0 Å². The molecule has 1 saturated carbocycles. The minimum absolute atomic E-state index is 0.216. The van der Waals surface area contributed by atoms with Gasteiger partial charge in [-0.3, -0.25) is 4.79 Å². The van der Waals surface area contributed by atoms with Crippen molar-refractivity contribution < 1.29 is 4.79 Å². The molecule has 2 fully saturated rings. The molecule has 1 saturated heterocycles. The third-order valence-corrected chi connectivity index (χ3v) is 4.96. The van der Waals surface area contributed by atoms with E-state index in [9.17, 15) is 4.79 Å². The predicted octanol–water partition coefficient (Wildman–Crippen LogP) is 3.38. The van der Waals surface area contributed by atoms with E-state index < -0.39 is 0 Å². The Morgan fingerprint density at radius 2 is 2.24 bits per heavy atom. The molecule has 2 nitrogen and oxygen atoms in total. The number of benzene rings is 1. The molecule has 1 amide bonds. The molecule has 0 aromatic heterocycles. The highest BCUT2D eigenvalue weighted by Gasteiger charge is 2.40. The number of fused-ring (bicyclic) bond motifs is 2. The van der Waals surface area contributed by atoms with Gasteiger partial charge in [-0.15, -0.1) is 0 Å². The fourth-order valence-corrected chi connectivity index (χ4v) is 3.36. The van der Waals surface area contributed by atoms with Gasteiger partial charge in [0.15, 0.2) is 0 Å². The summed E-state index contributed by atoms with van der Waals surface area (Å²) in [6, 6.07) is 6.39. The molecular formula is C14H16BrNO. The number of amides is 1. The molecule has 2 bridgehead atoms. The van der Waals surface area contributed by atoms with E-state index in [0.29, 0.717) is 6.04 Å². The van der Waals surface area contributed by atoms with Crippen LogP contribution in [-0.4, -0.2) is 23.4 Å². The van der Waals surface area contributed by atoms with Crippen molar-refractivity contribution in [3.8, 4) is 0 Å². The zero-order valence-electron chi connectivity index (χ0n) is 9.95. The minimum Gasteiger partial charge on any atom is -0.335 e. The topological polar surface area (TPSA) is 20.3 Å². The average molecular weight is 294 g/mol. The van der Waals surface area contributed by atoms with Crippen LogP contribution in [0.4, 0.5) is 0 Å². The van der Waals surface area contributed by atoms with E-state index in [1.165, 1.54) is 19.3 Å². The monoisotopic (exact) mass is 293 g/mol. The number of hydrogen-bond donors (Lipinski definition) is 0. The Bertz CT molecular complexity index is 471. The molecule has 1 aliphatic heterocycles. The molecule has 0 N–H and O–H groups in total. The Morgan fingerprint density at radius 1 is 1.41 bits per heavy atom. The van der Waals surface area contributed by atoms with Crippen molar-refractivity contribution in [3.05, 3.63) is 33.8 Å². The van der Waals surface area contributed by atoms with Gasteiger partial charge in [-0.2, -0.15) is 0 Å². The van der Waals surface area contributed by atoms with Crippen molar-refractivity contribution in [1.82, 2.24) is 4.90 Å². The molecule has 90 valence electrons. The quantitative estimate of drug-likeness (QED) is 0.777. The number of hydrogen-bond acceptors (Lipinski definition) is 1. The smallest absolute Gasteiger partial charge is 0.254 e. The molecule has 1 aliphatic carbocycles. The summed E-state index contributed by atoms with van der Waals surface area (Å²) in [7, 11) is 0. The third kappa shape index (κ3) is 1.90. The summed E-state index contributed by atoms with van der Waals surface area (Å²) in [5.41, 5.74) is 1.96. The lowest BCUT2D eigenvalue weighted by molar-refractivity contribution is 0.0703. The average Bonchev–Trinajstić information content (AvgIpc) is 2.93. The third-order valence-electron chi connectivity index (χ3n) is 4.07. The van der Waals surface area contributed by atoms with Gasteiger partial charge in [-0.1, -0.05) is 15.9 Å². The SMILES string of the molecule is Cc1cc(C(=O)N2CC3CCC2C3)ccc1Br. The number of nitrogens with zero attached hydrogens (tertiary/aromatic N) is 1. The van der Waals surface area contributed by atoms with Crippen LogP contribution >= 0.6 is 15.9 Å². The highest BCUT2D eigenvalue weighted by molar-refractivity contribution is 9.10. The molecule has 1 aromatic carbocycles. The molecule has 3 rings (SSSR count). The van der Waals surface area contributed by atoms with Crippen molar-refractivity contribution >= 4 is 21.8 Å². The molecule has 2 atom stereocenters. The Labute approximate surface area is 110 Å². The largest absolute Gasteiger partial charge is 0.335 e. The summed E-state index contributed by atoms with van der Waals surface area (Å²) in [6.07, 6.45) is 3.74. The molecule has 1 aromatic rings.